The lowest BCUT2D eigenvalue weighted by molar-refractivity contribution is 0.171. The highest BCUT2D eigenvalue weighted by molar-refractivity contribution is 9.10. The molecule has 13 heavy (non-hydrogen) atoms. The summed E-state index contributed by atoms with van der Waals surface area (Å²) in [6, 6.07) is 8.20. The van der Waals surface area contributed by atoms with E-state index in [0.29, 0.717) is 6.61 Å². The summed E-state index contributed by atoms with van der Waals surface area (Å²) in [5, 5.41) is 0. The summed E-state index contributed by atoms with van der Waals surface area (Å²) >= 11 is 3.40. The molecule has 1 aliphatic rings. The maximum absolute atomic E-state index is 5.44. The minimum absolute atomic E-state index is 0.244. The fourth-order valence-electron chi connectivity index (χ4n) is 1.38. The molecule has 1 aliphatic heterocycles. The van der Waals surface area contributed by atoms with Gasteiger partial charge in [0.2, 0.25) is 0 Å². The number of epoxide rings is 1. The number of rotatable bonds is 3. The maximum atomic E-state index is 5.44. The molecule has 1 fully saturated rings. The van der Waals surface area contributed by atoms with Crippen LogP contribution in [-0.4, -0.2) is 19.8 Å². The maximum Gasteiger partial charge on any atom is 0.112 e. The van der Waals surface area contributed by atoms with Crippen LogP contribution in [0.1, 0.15) is 11.7 Å². The largest absolute Gasteiger partial charge is 0.382 e. The van der Waals surface area contributed by atoms with Gasteiger partial charge in [-0.2, -0.15) is 0 Å². The van der Waals surface area contributed by atoms with Crippen molar-refractivity contribution in [2.24, 2.45) is 0 Å². The van der Waals surface area contributed by atoms with Gasteiger partial charge >= 0.3 is 0 Å². The molecule has 2 atom stereocenters. The molecule has 1 aromatic carbocycles. The van der Waals surface area contributed by atoms with Crippen LogP contribution in [0.5, 0.6) is 0 Å². The van der Waals surface area contributed by atoms with Crippen molar-refractivity contribution in [1.29, 1.82) is 0 Å². The first-order chi connectivity index (χ1) is 6.31. The van der Waals surface area contributed by atoms with Crippen LogP contribution < -0.4 is 0 Å². The molecule has 1 saturated heterocycles. The summed E-state index contributed by atoms with van der Waals surface area (Å²) in [5.41, 5.74) is 1.23. The lowest BCUT2D eigenvalue weighted by atomic mass is 10.1. The van der Waals surface area contributed by atoms with Gasteiger partial charge < -0.3 is 9.47 Å². The summed E-state index contributed by atoms with van der Waals surface area (Å²) in [7, 11) is 1.69. The number of hydrogen-bond acceptors (Lipinski definition) is 2. The second-order valence-electron chi connectivity index (χ2n) is 3.10. The SMILES string of the molecule is COC[C@@H]1O[C@@H]1c1ccc(Br)cc1. The Hall–Kier alpha value is -0.380. The molecule has 0 bridgehead atoms. The summed E-state index contributed by atoms with van der Waals surface area (Å²) < 4.78 is 11.5. The average Bonchev–Trinajstić information content (AvgIpc) is 2.86. The lowest BCUT2D eigenvalue weighted by Gasteiger charge is -1.95. The van der Waals surface area contributed by atoms with Crippen molar-refractivity contribution in [1.82, 2.24) is 0 Å². The van der Waals surface area contributed by atoms with Gasteiger partial charge in [0.15, 0.2) is 0 Å². The van der Waals surface area contributed by atoms with E-state index in [1.807, 2.05) is 12.1 Å². The van der Waals surface area contributed by atoms with Gasteiger partial charge in [0.25, 0.3) is 0 Å². The van der Waals surface area contributed by atoms with Gasteiger partial charge in [-0.1, -0.05) is 28.1 Å². The standard InChI is InChI=1S/C10H11BrO2/c1-12-6-9-10(13-9)7-2-4-8(11)5-3-7/h2-5,9-10H,6H2,1H3/t9-,10+/m0/s1. The second-order valence-corrected chi connectivity index (χ2v) is 4.02. The van der Waals surface area contributed by atoms with Crippen molar-refractivity contribution >= 4 is 15.9 Å². The minimum Gasteiger partial charge on any atom is -0.382 e. The smallest absolute Gasteiger partial charge is 0.112 e. The molecule has 2 rings (SSSR count). The van der Waals surface area contributed by atoms with E-state index in [0.717, 1.165) is 4.47 Å². The fourth-order valence-corrected chi connectivity index (χ4v) is 1.64. The first kappa shape index (κ1) is 9.19. The van der Waals surface area contributed by atoms with E-state index in [2.05, 4.69) is 28.1 Å². The van der Waals surface area contributed by atoms with Gasteiger partial charge in [-0.3, -0.25) is 0 Å². The van der Waals surface area contributed by atoms with Gasteiger partial charge in [0, 0.05) is 11.6 Å². The Morgan fingerprint density at radius 2 is 2.08 bits per heavy atom. The third kappa shape index (κ3) is 2.10. The second kappa shape index (κ2) is 3.78. The van der Waals surface area contributed by atoms with Crippen LogP contribution in [0.4, 0.5) is 0 Å². The van der Waals surface area contributed by atoms with E-state index in [4.69, 9.17) is 9.47 Å². The number of ether oxygens (including phenoxy) is 2. The Morgan fingerprint density at radius 3 is 2.69 bits per heavy atom. The zero-order valence-corrected chi connectivity index (χ0v) is 8.95. The van der Waals surface area contributed by atoms with Crippen molar-refractivity contribution in [3.8, 4) is 0 Å². The predicted molar refractivity (Wildman–Crippen MR) is 53.6 cm³/mol. The van der Waals surface area contributed by atoms with Crippen molar-refractivity contribution in [3.05, 3.63) is 34.3 Å². The fraction of sp³-hybridized carbons (Fsp3) is 0.400. The Morgan fingerprint density at radius 1 is 1.38 bits per heavy atom. The van der Waals surface area contributed by atoms with E-state index in [1.54, 1.807) is 7.11 Å². The van der Waals surface area contributed by atoms with Crippen LogP contribution in [0.2, 0.25) is 0 Å². The molecule has 1 heterocycles. The number of benzene rings is 1. The highest BCUT2D eigenvalue weighted by atomic mass is 79.9. The number of hydrogen-bond donors (Lipinski definition) is 0. The minimum atomic E-state index is 0.244. The number of halogens is 1. The van der Waals surface area contributed by atoms with Gasteiger partial charge in [-0.25, -0.2) is 0 Å². The van der Waals surface area contributed by atoms with Crippen LogP contribution in [0, 0.1) is 0 Å². The monoisotopic (exact) mass is 242 g/mol. The third-order valence-electron chi connectivity index (χ3n) is 2.11. The van der Waals surface area contributed by atoms with Gasteiger partial charge in [0.1, 0.15) is 12.2 Å². The Bertz CT molecular complexity index is 283. The van der Waals surface area contributed by atoms with Crippen LogP contribution >= 0.6 is 15.9 Å². The molecule has 0 spiro atoms. The summed E-state index contributed by atoms with van der Waals surface area (Å²) in [6.07, 6.45) is 0.499. The van der Waals surface area contributed by atoms with Crippen molar-refractivity contribution < 1.29 is 9.47 Å². The Kier molecular flexibility index (Phi) is 2.67. The molecule has 0 radical (unpaired) electrons. The molecule has 0 unspecified atom stereocenters. The van der Waals surface area contributed by atoms with Gasteiger partial charge in [0.05, 0.1) is 6.61 Å². The number of methoxy groups -OCH3 is 1. The van der Waals surface area contributed by atoms with Crippen LogP contribution in [0.3, 0.4) is 0 Å². The van der Waals surface area contributed by atoms with E-state index in [-0.39, 0.29) is 12.2 Å². The first-order valence-corrected chi connectivity index (χ1v) is 5.00. The molecule has 3 heteroatoms. The third-order valence-corrected chi connectivity index (χ3v) is 2.64. The lowest BCUT2D eigenvalue weighted by Crippen LogP contribution is -1.98. The molecule has 0 amide bonds. The molecule has 2 nitrogen and oxygen atoms in total. The summed E-state index contributed by atoms with van der Waals surface area (Å²) in [5.74, 6) is 0. The first-order valence-electron chi connectivity index (χ1n) is 4.21. The quantitative estimate of drug-likeness (QED) is 0.761. The van der Waals surface area contributed by atoms with E-state index in [1.165, 1.54) is 5.56 Å². The van der Waals surface area contributed by atoms with Gasteiger partial charge in [-0.05, 0) is 17.7 Å². The predicted octanol–water partition coefficient (Wildman–Crippen LogP) is 2.54. The van der Waals surface area contributed by atoms with Crippen LogP contribution in [0.25, 0.3) is 0 Å². The molecular weight excluding hydrogens is 232 g/mol. The van der Waals surface area contributed by atoms with E-state index >= 15 is 0 Å². The highest BCUT2D eigenvalue weighted by Crippen LogP contribution is 2.38. The topological polar surface area (TPSA) is 21.8 Å². The van der Waals surface area contributed by atoms with E-state index in [9.17, 15) is 0 Å². The Balaban J connectivity index is 2.00. The average molecular weight is 243 g/mol. The molecule has 0 saturated carbocycles. The van der Waals surface area contributed by atoms with Crippen molar-refractivity contribution in [2.75, 3.05) is 13.7 Å². The molecule has 0 N–H and O–H groups in total. The Labute approximate surface area is 86.0 Å². The molecule has 1 aromatic rings. The molecule has 0 aromatic heterocycles. The van der Waals surface area contributed by atoms with Gasteiger partial charge in [-0.15, -0.1) is 0 Å². The van der Waals surface area contributed by atoms with Crippen molar-refractivity contribution in [3.63, 3.8) is 0 Å². The molecular formula is C10H11BrO2. The van der Waals surface area contributed by atoms with Crippen molar-refractivity contribution in [2.45, 2.75) is 12.2 Å². The zero-order valence-electron chi connectivity index (χ0n) is 7.37. The normalized spacial score (nSPS) is 26.0. The summed E-state index contributed by atoms with van der Waals surface area (Å²) in [4.78, 5) is 0. The van der Waals surface area contributed by atoms with E-state index < -0.39 is 0 Å². The molecule has 0 aliphatic carbocycles. The van der Waals surface area contributed by atoms with Crippen LogP contribution in [-0.2, 0) is 9.47 Å². The van der Waals surface area contributed by atoms with Crippen LogP contribution in [0.15, 0.2) is 28.7 Å². The highest BCUT2D eigenvalue weighted by Gasteiger charge is 2.39. The molecule has 70 valence electrons. The zero-order chi connectivity index (χ0) is 9.26. The summed E-state index contributed by atoms with van der Waals surface area (Å²) in [6.45, 7) is 0.681.